The van der Waals surface area contributed by atoms with E-state index in [0.29, 0.717) is 15.7 Å². The summed E-state index contributed by atoms with van der Waals surface area (Å²) in [5.41, 5.74) is 5.23. The Balaban J connectivity index is 3.08. The maximum absolute atomic E-state index is 10.5. The third-order valence-electron chi connectivity index (χ3n) is 1.27. The predicted octanol–water partition coefficient (Wildman–Crippen LogP) is 3.14. The van der Waals surface area contributed by atoms with Crippen molar-refractivity contribution in [3.8, 4) is 0 Å². The number of anilines is 1. The van der Waals surface area contributed by atoms with Gasteiger partial charge in [0.05, 0.1) is 20.8 Å². The van der Waals surface area contributed by atoms with E-state index in [-0.39, 0.29) is 5.02 Å². The van der Waals surface area contributed by atoms with Crippen LogP contribution in [0.5, 0.6) is 0 Å². The minimum Gasteiger partial charge on any atom is -0.351 e. The fourth-order valence-corrected chi connectivity index (χ4v) is 1.35. The molecule has 0 radical (unpaired) electrons. The Morgan fingerprint density at radius 1 is 1.15 bits per heavy atom. The van der Waals surface area contributed by atoms with Crippen LogP contribution in [-0.4, -0.2) is 6.03 Å². The first-order valence-corrected chi connectivity index (χ1v) is 4.35. The van der Waals surface area contributed by atoms with Crippen molar-refractivity contribution in [2.45, 2.75) is 0 Å². The lowest BCUT2D eigenvalue weighted by Crippen LogP contribution is -2.19. The Bertz CT molecular complexity index is 354. The molecule has 0 spiro atoms. The molecular formula is C7H5Cl3N2O. The minimum absolute atomic E-state index is 0.285. The van der Waals surface area contributed by atoms with Crippen LogP contribution in [0, 0.1) is 0 Å². The van der Waals surface area contributed by atoms with Gasteiger partial charge in [0.15, 0.2) is 0 Å². The van der Waals surface area contributed by atoms with Crippen LogP contribution >= 0.6 is 34.8 Å². The SMILES string of the molecule is NC(=O)Nc1cc(Cl)c(Cl)cc1Cl. The van der Waals surface area contributed by atoms with Crippen molar-refractivity contribution in [1.29, 1.82) is 0 Å². The number of amides is 2. The summed E-state index contributed by atoms with van der Waals surface area (Å²) in [6.45, 7) is 0. The van der Waals surface area contributed by atoms with Crippen molar-refractivity contribution in [3.05, 3.63) is 27.2 Å². The van der Waals surface area contributed by atoms with Gasteiger partial charge in [-0.25, -0.2) is 4.79 Å². The molecule has 13 heavy (non-hydrogen) atoms. The van der Waals surface area contributed by atoms with Crippen LogP contribution in [0.15, 0.2) is 12.1 Å². The zero-order valence-electron chi connectivity index (χ0n) is 6.27. The quantitative estimate of drug-likeness (QED) is 0.727. The second-order valence-corrected chi connectivity index (χ2v) is 3.46. The van der Waals surface area contributed by atoms with Crippen LogP contribution in [0.1, 0.15) is 0 Å². The van der Waals surface area contributed by atoms with Gasteiger partial charge in [0.2, 0.25) is 0 Å². The lowest BCUT2D eigenvalue weighted by atomic mass is 10.3. The third-order valence-corrected chi connectivity index (χ3v) is 2.30. The third kappa shape index (κ3) is 2.66. The summed E-state index contributed by atoms with van der Waals surface area (Å²) in [6.07, 6.45) is 0. The van der Waals surface area contributed by atoms with Gasteiger partial charge in [0.1, 0.15) is 0 Å². The van der Waals surface area contributed by atoms with Gasteiger partial charge in [0.25, 0.3) is 0 Å². The molecule has 1 rings (SSSR count). The van der Waals surface area contributed by atoms with Crippen LogP contribution in [0.2, 0.25) is 15.1 Å². The van der Waals surface area contributed by atoms with Crippen LogP contribution < -0.4 is 11.1 Å². The summed E-state index contributed by atoms with van der Waals surface area (Å²) < 4.78 is 0. The van der Waals surface area contributed by atoms with E-state index in [9.17, 15) is 4.79 Å². The van der Waals surface area contributed by atoms with Crippen molar-refractivity contribution in [2.24, 2.45) is 5.73 Å². The number of rotatable bonds is 1. The molecule has 0 aliphatic heterocycles. The van der Waals surface area contributed by atoms with E-state index in [1.807, 2.05) is 0 Å². The lowest BCUT2D eigenvalue weighted by molar-refractivity contribution is 0.259. The maximum atomic E-state index is 10.5. The Morgan fingerprint density at radius 2 is 1.69 bits per heavy atom. The van der Waals surface area contributed by atoms with Gasteiger partial charge in [-0.1, -0.05) is 34.8 Å². The van der Waals surface area contributed by atoms with Gasteiger partial charge < -0.3 is 11.1 Å². The molecule has 0 aliphatic rings. The van der Waals surface area contributed by atoms with Crippen LogP contribution in [0.3, 0.4) is 0 Å². The smallest absolute Gasteiger partial charge is 0.316 e. The average Bonchev–Trinajstić information content (AvgIpc) is 1.99. The summed E-state index contributed by atoms with van der Waals surface area (Å²) >= 11 is 17.1. The Hall–Kier alpha value is -0.640. The number of nitrogens with one attached hydrogen (secondary N) is 1. The number of carbonyl (C=O) groups excluding carboxylic acids is 1. The number of urea groups is 1. The van der Waals surface area contributed by atoms with Gasteiger partial charge in [0, 0.05) is 0 Å². The molecule has 6 heteroatoms. The van der Waals surface area contributed by atoms with E-state index < -0.39 is 6.03 Å². The Morgan fingerprint density at radius 3 is 2.23 bits per heavy atom. The van der Waals surface area contributed by atoms with Gasteiger partial charge in [-0.2, -0.15) is 0 Å². The normalized spacial score (nSPS) is 9.77. The molecule has 1 aromatic rings. The summed E-state index contributed by atoms with van der Waals surface area (Å²) in [5.74, 6) is 0. The van der Waals surface area contributed by atoms with Crippen LogP contribution in [0.25, 0.3) is 0 Å². The highest BCUT2D eigenvalue weighted by Gasteiger charge is 2.06. The molecule has 2 amide bonds. The monoisotopic (exact) mass is 238 g/mol. The molecule has 0 saturated carbocycles. The van der Waals surface area contributed by atoms with Crippen LogP contribution in [-0.2, 0) is 0 Å². The molecule has 0 bridgehead atoms. The van der Waals surface area contributed by atoms with Crippen molar-refractivity contribution < 1.29 is 4.79 Å². The summed E-state index contributed by atoms with van der Waals surface area (Å²) in [7, 11) is 0. The average molecular weight is 239 g/mol. The fourth-order valence-electron chi connectivity index (χ4n) is 0.751. The van der Waals surface area contributed by atoms with E-state index in [2.05, 4.69) is 5.32 Å². The highest BCUT2D eigenvalue weighted by Crippen LogP contribution is 2.31. The van der Waals surface area contributed by atoms with Crippen LogP contribution in [0.4, 0.5) is 10.5 Å². The van der Waals surface area contributed by atoms with Gasteiger partial charge in [-0.05, 0) is 12.1 Å². The standard InChI is InChI=1S/C7H5Cl3N2O/c8-3-1-5(10)6(2-4(3)9)12-7(11)13/h1-2H,(H3,11,12,13). The first-order valence-electron chi connectivity index (χ1n) is 3.21. The van der Waals surface area contributed by atoms with Crippen molar-refractivity contribution in [3.63, 3.8) is 0 Å². The van der Waals surface area contributed by atoms with Crippen molar-refractivity contribution in [1.82, 2.24) is 0 Å². The molecule has 0 unspecified atom stereocenters. The summed E-state index contributed by atoms with van der Waals surface area (Å²) in [5, 5.41) is 3.21. The van der Waals surface area contributed by atoms with Gasteiger partial charge >= 0.3 is 6.03 Å². The topological polar surface area (TPSA) is 55.1 Å². The van der Waals surface area contributed by atoms with E-state index in [4.69, 9.17) is 40.5 Å². The minimum atomic E-state index is -0.708. The highest BCUT2D eigenvalue weighted by molar-refractivity contribution is 6.44. The Kier molecular flexibility index (Phi) is 3.25. The second-order valence-electron chi connectivity index (χ2n) is 2.24. The molecule has 1 aromatic carbocycles. The molecule has 0 heterocycles. The van der Waals surface area contributed by atoms with E-state index >= 15 is 0 Å². The largest absolute Gasteiger partial charge is 0.351 e. The molecule has 3 N–H and O–H groups in total. The van der Waals surface area contributed by atoms with Gasteiger partial charge in [-0.3, -0.25) is 0 Å². The highest BCUT2D eigenvalue weighted by atomic mass is 35.5. The molecule has 70 valence electrons. The van der Waals surface area contributed by atoms with Crippen molar-refractivity contribution >= 4 is 46.5 Å². The first kappa shape index (κ1) is 10.4. The number of primary amides is 1. The predicted molar refractivity (Wildman–Crippen MR) is 54.7 cm³/mol. The zero-order chi connectivity index (χ0) is 10.0. The molecule has 0 saturated heterocycles. The van der Waals surface area contributed by atoms with E-state index in [1.54, 1.807) is 0 Å². The number of nitrogens with two attached hydrogens (primary N) is 1. The van der Waals surface area contributed by atoms with E-state index in [1.165, 1.54) is 12.1 Å². The summed E-state index contributed by atoms with van der Waals surface area (Å²) in [6, 6.07) is 2.15. The lowest BCUT2D eigenvalue weighted by Gasteiger charge is -2.05. The number of halogens is 3. The maximum Gasteiger partial charge on any atom is 0.316 e. The van der Waals surface area contributed by atoms with Gasteiger partial charge in [-0.15, -0.1) is 0 Å². The van der Waals surface area contributed by atoms with E-state index in [0.717, 1.165) is 0 Å². The first-order chi connectivity index (χ1) is 6.00. The Labute approximate surface area is 89.8 Å². The molecular weight excluding hydrogens is 234 g/mol. The number of hydrogen-bond donors (Lipinski definition) is 2. The summed E-state index contributed by atoms with van der Waals surface area (Å²) in [4.78, 5) is 10.5. The zero-order valence-corrected chi connectivity index (χ0v) is 8.54. The molecule has 0 fully saturated rings. The number of benzene rings is 1. The molecule has 3 nitrogen and oxygen atoms in total. The van der Waals surface area contributed by atoms with Crippen molar-refractivity contribution in [2.75, 3.05) is 5.32 Å². The molecule has 0 atom stereocenters. The second kappa shape index (κ2) is 4.05. The number of hydrogen-bond acceptors (Lipinski definition) is 1. The number of carbonyl (C=O) groups is 1. The molecule has 0 aliphatic carbocycles. The fraction of sp³-hybridized carbons (Fsp3) is 0. The molecule has 0 aromatic heterocycles.